The summed E-state index contributed by atoms with van der Waals surface area (Å²) in [5.74, 6) is -0.543. The van der Waals surface area contributed by atoms with Gasteiger partial charge in [-0.05, 0) is 38.1 Å². The highest BCUT2D eigenvalue weighted by molar-refractivity contribution is 6.03. The number of hydrogen-bond donors (Lipinski definition) is 0. The van der Waals surface area contributed by atoms with Crippen LogP contribution in [0, 0.1) is 5.82 Å². The molecule has 0 spiro atoms. The van der Waals surface area contributed by atoms with E-state index in [9.17, 15) is 9.18 Å². The fraction of sp³-hybridized carbons (Fsp3) is 0.200. The number of carbonyl (C=O) groups excluding carboxylic acids is 1. The van der Waals surface area contributed by atoms with Gasteiger partial charge in [-0.1, -0.05) is 18.2 Å². The number of aromatic nitrogens is 1. The molecule has 2 aromatic rings. The molecule has 0 bridgehead atoms. The van der Waals surface area contributed by atoms with Crippen molar-refractivity contribution in [2.45, 2.75) is 19.3 Å². The molecule has 1 heterocycles. The minimum Gasteiger partial charge on any atom is -0.293 e. The average molecular weight is 243 g/mol. The highest BCUT2D eigenvalue weighted by Gasteiger charge is 2.31. The van der Waals surface area contributed by atoms with E-state index < -0.39 is 11.2 Å². The average Bonchev–Trinajstić information content (AvgIpc) is 2.39. The maximum absolute atomic E-state index is 13.2. The number of Topliss-reactive ketones (excluding diaryl/α,β-unsaturated/α-hetero) is 1. The van der Waals surface area contributed by atoms with Gasteiger partial charge in [0.2, 0.25) is 0 Å². The number of benzene rings is 1. The molecular formula is C15H14FNO. The van der Waals surface area contributed by atoms with Crippen LogP contribution in [0.1, 0.15) is 29.9 Å². The molecule has 1 aromatic heterocycles. The number of ketones is 1. The first-order valence-electron chi connectivity index (χ1n) is 5.73. The maximum atomic E-state index is 13.2. The number of rotatable bonds is 3. The van der Waals surface area contributed by atoms with E-state index in [1.807, 2.05) is 6.07 Å². The van der Waals surface area contributed by atoms with E-state index in [-0.39, 0.29) is 5.78 Å². The van der Waals surface area contributed by atoms with Gasteiger partial charge in [0.15, 0.2) is 5.78 Å². The van der Waals surface area contributed by atoms with Gasteiger partial charge in [-0.15, -0.1) is 0 Å². The Labute approximate surface area is 105 Å². The molecule has 0 atom stereocenters. The summed E-state index contributed by atoms with van der Waals surface area (Å²) >= 11 is 0. The predicted octanol–water partition coefficient (Wildman–Crippen LogP) is 3.38. The van der Waals surface area contributed by atoms with E-state index in [4.69, 9.17) is 0 Å². The van der Waals surface area contributed by atoms with Crippen LogP contribution in [0.4, 0.5) is 4.39 Å². The Kier molecular flexibility index (Phi) is 3.24. The van der Waals surface area contributed by atoms with Gasteiger partial charge < -0.3 is 0 Å². The first kappa shape index (κ1) is 12.4. The lowest BCUT2D eigenvalue weighted by molar-refractivity contribution is 0.0905. The van der Waals surface area contributed by atoms with Crippen LogP contribution in [0.2, 0.25) is 0 Å². The molecule has 0 N–H and O–H groups in total. The van der Waals surface area contributed by atoms with Gasteiger partial charge >= 0.3 is 0 Å². The van der Waals surface area contributed by atoms with Gasteiger partial charge in [0, 0.05) is 11.8 Å². The van der Waals surface area contributed by atoms with Gasteiger partial charge in [-0.3, -0.25) is 9.78 Å². The van der Waals surface area contributed by atoms with Crippen LogP contribution in [0.15, 0.2) is 48.7 Å². The Balaban J connectivity index is 2.39. The monoisotopic (exact) mass is 243 g/mol. The van der Waals surface area contributed by atoms with E-state index in [1.54, 1.807) is 38.2 Å². The smallest absolute Gasteiger partial charge is 0.174 e. The number of carbonyl (C=O) groups is 1. The molecule has 3 heteroatoms. The van der Waals surface area contributed by atoms with Crippen LogP contribution in [-0.4, -0.2) is 10.8 Å². The summed E-state index contributed by atoms with van der Waals surface area (Å²) in [6.45, 7) is 3.59. The molecular weight excluding hydrogens is 229 g/mol. The van der Waals surface area contributed by atoms with Crippen LogP contribution in [0.5, 0.6) is 0 Å². The second-order valence-electron chi connectivity index (χ2n) is 4.68. The summed E-state index contributed by atoms with van der Waals surface area (Å²) in [6, 6.07) is 11.2. The number of halogens is 1. The Morgan fingerprint density at radius 1 is 1.17 bits per heavy atom. The summed E-state index contributed by atoms with van der Waals surface area (Å²) in [4.78, 5) is 16.6. The van der Waals surface area contributed by atoms with Crippen LogP contribution < -0.4 is 0 Å². The summed E-state index contributed by atoms with van der Waals surface area (Å²) in [7, 11) is 0. The van der Waals surface area contributed by atoms with Gasteiger partial charge in [0.25, 0.3) is 0 Å². The standard InChI is InChI=1S/C15H14FNO/c1-15(2,13-8-3-4-9-17-13)14(18)11-6-5-7-12(16)10-11/h3-10H,1-2H3. The van der Waals surface area contributed by atoms with E-state index in [2.05, 4.69) is 4.98 Å². The summed E-state index contributed by atoms with van der Waals surface area (Å²) in [6.07, 6.45) is 1.65. The largest absolute Gasteiger partial charge is 0.293 e. The minimum absolute atomic E-state index is 0.138. The molecule has 0 saturated heterocycles. The Morgan fingerprint density at radius 3 is 2.56 bits per heavy atom. The minimum atomic E-state index is -0.769. The normalized spacial score (nSPS) is 11.3. The Morgan fingerprint density at radius 2 is 1.94 bits per heavy atom. The third kappa shape index (κ3) is 2.30. The number of hydrogen-bond acceptors (Lipinski definition) is 2. The van der Waals surface area contributed by atoms with Crippen molar-refractivity contribution in [1.82, 2.24) is 4.98 Å². The van der Waals surface area contributed by atoms with Crippen LogP contribution in [0.3, 0.4) is 0 Å². The van der Waals surface area contributed by atoms with Crippen LogP contribution in [-0.2, 0) is 5.41 Å². The Bertz CT molecular complexity index is 564. The van der Waals surface area contributed by atoms with Crippen molar-refractivity contribution in [1.29, 1.82) is 0 Å². The molecule has 0 saturated carbocycles. The van der Waals surface area contributed by atoms with Crippen molar-refractivity contribution in [2.24, 2.45) is 0 Å². The lowest BCUT2D eigenvalue weighted by atomic mass is 9.81. The zero-order valence-electron chi connectivity index (χ0n) is 10.4. The van der Waals surface area contributed by atoms with Gasteiger partial charge in [-0.25, -0.2) is 4.39 Å². The molecule has 0 fully saturated rings. The SMILES string of the molecule is CC(C)(C(=O)c1cccc(F)c1)c1ccccn1. The first-order valence-corrected chi connectivity index (χ1v) is 5.73. The molecule has 0 radical (unpaired) electrons. The van der Waals surface area contributed by atoms with E-state index in [0.29, 0.717) is 11.3 Å². The molecule has 2 rings (SSSR count). The molecule has 0 unspecified atom stereocenters. The zero-order valence-corrected chi connectivity index (χ0v) is 10.4. The Hall–Kier alpha value is -2.03. The predicted molar refractivity (Wildman–Crippen MR) is 68.0 cm³/mol. The molecule has 1 aromatic carbocycles. The molecule has 92 valence electrons. The molecule has 0 aliphatic heterocycles. The van der Waals surface area contributed by atoms with Crippen molar-refractivity contribution in [3.8, 4) is 0 Å². The third-order valence-corrected chi connectivity index (χ3v) is 2.96. The first-order chi connectivity index (χ1) is 8.51. The maximum Gasteiger partial charge on any atom is 0.174 e. The van der Waals surface area contributed by atoms with E-state index >= 15 is 0 Å². The molecule has 0 amide bonds. The second-order valence-corrected chi connectivity index (χ2v) is 4.68. The second kappa shape index (κ2) is 4.69. The molecule has 18 heavy (non-hydrogen) atoms. The van der Waals surface area contributed by atoms with Crippen molar-refractivity contribution in [2.75, 3.05) is 0 Å². The quantitative estimate of drug-likeness (QED) is 0.773. The highest BCUT2D eigenvalue weighted by atomic mass is 19.1. The summed E-state index contributed by atoms with van der Waals surface area (Å²) in [5.41, 5.74) is 0.277. The topological polar surface area (TPSA) is 30.0 Å². The van der Waals surface area contributed by atoms with Crippen LogP contribution in [0.25, 0.3) is 0 Å². The lowest BCUT2D eigenvalue weighted by Crippen LogP contribution is -2.30. The van der Waals surface area contributed by atoms with Crippen molar-refractivity contribution < 1.29 is 9.18 Å². The summed E-state index contributed by atoms with van der Waals surface area (Å²) in [5, 5.41) is 0. The van der Waals surface area contributed by atoms with Crippen molar-refractivity contribution >= 4 is 5.78 Å². The van der Waals surface area contributed by atoms with E-state index in [1.165, 1.54) is 18.2 Å². The molecule has 0 aliphatic rings. The van der Waals surface area contributed by atoms with Gasteiger partial charge in [0.05, 0.1) is 11.1 Å². The fourth-order valence-electron chi connectivity index (χ4n) is 1.84. The number of pyridine rings is 1. The van der Waals surface area contributed by atoms with Crippen molar-refractivity contribution in [3.63, 3.8) is 0 Å². The third-order valence-electron chi connectivity index (χ3n) is 2.96. The van der Waals surface area contributed by atoms with Gasteiger partial charge in [-0.2, -0.15) is 0 Å². The highest BCUT2D eigenvalue weighted by Crippen LogP contribution is 2.26. The van der Waals surface area contributed by atoms with Crippen molar-refractivity contribution in [3.05, 3.63) is 65.7 Å². The van der Waals surface area contributed by atoms with E-state index in [0.717, 1.165) is 0 Å². The zero-order chi connectivity index (χ0) is 13.2. The van der Waals surface area contributed by atoms with Gasteiger partial charge in [0.1, 0.15) is 5.82 Å². The number of nitrogens with zero attached hydrogens (tertiary/aromatic N) is 1. The molecule has 2 nitrogen and oxygen atoms in total. The fourth-order valence-corrected chi connectivity index (χ4v) is 1.84. The van der Waals surface area contributed by atoms with Crippen LogP contribution >= 0.6 is 0 Å². The lowest BCUT2D eigenvalue weighted by Gasteiger charge is -2.22. The molecule has 0 aliphatic carbocycles. The summed E-state index contributed by atoms with van der Waals surface area (Å²) < 4.78 is 13.2.